The Bertz CT molecular complexity index is 914. The molecule has 142 valence electrons. The zero-order valence-electron chi connectivity index (χ0n) is 15.9. The zero-order chi connectivity index (χ0) is 19.4. The van der Waals surface area contributed by atoms with Crippen LogP contribution in [0.5, 0.6) is 11.5 Å². The van der Waals surface area contributed by atoms with Gasteiger partial charge in [0.15, 0.2) is 23.1 Å². The van der Waals surface area contributed by atoms with Crippen molar-refractivity contribution in [1.82, 2.24) is 0 Å². The van der Waals surface area contributed by atoms with Gasteiger partial charge in [0.2, 0.25) is 0 Å². The fourth-order valence-corrected chi connectivity index (χ4v) is 4.13. The summed E-state index contributed by atoms with van der Waals surface area (Å²) in [5.74, 6) is -0.903. The van der Waals surface area contributed by atoms with Gasteiger partial charge in [-0.3, -0.25) is 0 Å². The second-order valence-corrected chi connectivity index (χ2v) is 8.43. The number of thiophene rings is 1. The highest BCUT2D eigenvalue weighted by atomic mass is 32.1. The maximum Gasteiger partial charge on any atom is 0.165 e. The monoisotopic (exact) mass is 386 g/mol. The third-order valence-corrected chi connectivity index (χ3v) is 6.13. The summed E-state index contributed by atoms with van der Waals surface area (Å²) in [5.41, 5.74) is 2.41. The standard InChI is InChI=1S/C23H24F2OS/c1-16-13-22(27-15-16)23(2,3)12-6-7-17-10-11-19(25)21(14-17)26-20-9-5-4-8-18(20)24/h4-5,8-11,13-15H,6-7,12H2,1-3H3. The molecule has 3 rings (SSSR count). The van der Waals surface area contributed by atoms with E-state index in [4.69, 9.17) is 4.74 Å². The van der Waals surface area contributed by atoms with Gasteiger partial charge in [-0.05, 0) is 78.4 Å². The summed E-state index contributed by atoms with van der Waals surface area (Å²) in [6.45, 7) is 6.64. The molecule has 0 spiro atoms. The second-order valence-electron chi connectivity index (χ2n) is 7.52. The van der Waals surface area contributed by atoms with Crippen LogP contribution in [0.4, 0.5) is 8.78 Å². The van der Waals surface area contributed by atoms with Gasteiger partial charge >= 0.3 is 0 Å². The lowest BCUT2D eigenvalue weighted by atomic mass is 9.85. The molecule has 1 aromatic heterocycles. The third-order valence-electron chi connectivity index (χ3n) is 4.72. The molecule has 0 atom stereocenters. The topological polar surface area (TPSA) is 9.23 Å². The molecule has 0 radical (unpaired) electrons. The summed E-state index contributed by atoms with van der Waals surface area (Å²) >= 11 is 1.80. The molecule has 1 nitrogen and oxygen atoms in total. The molecule has 0 saturated heterocycles. The van der Waals surface area contributed by atoms with Gasteiger partial charge in [-0.15, -0.1) is 11.3 Å². The van der Waals surface area contributed by atoms with Gasteiger partial charge in [-0.2, -0.15) is 0 Å². The van der Waals surface area contributed by atoms with Crippen molar-refractivity contribution in [2.75, 3.05) is 0 Å². The first-order valence-corrected chi connectivity index (χ1v) is 9.99. The lowest BCUT2D eigenvalue weighted by Crippen LogP contribution is -2.15. The number of para-hydroxylation sites is 1. The van der Waals surface area contributed by atoms with Gasteiger partial charge in [-0.1, -0.05) is 32.0 Å². The first-order valence-electron chi connectivity index (χ1n) is 9.11. The summed E-state index contributed by atoms with van der Waals surface area (Å²) in [6, 6.07) is 13.1. The number of hydrogen-bond donors (Lipinski definition) is 0. The molecule has 0 amide bonds. The first-order chi connectivity index (χ1) is 12.8. The molecule has 0 aliphatic carbocycles. The average molecular weight is 387 g/mol. The molecule has 0 bridgehead atoms. The Labute approximate surface area is 163 Å². The van der Waals surface area contributed by atoms with E-state index in [1.165, 1.54) is 28.6 Å². The van der Waals surface area contributed by atoms with E-state index < -0.39 is 11.6 Å². The minimum Gasteiger partial charge on any atom is -0.451 e. The van der Waals surface area contributed by atoms with Crippen molar-refractivity contribution < 1.29 is 13.5 Å². The van der Waals surface area contributed by atoms with Crippen molar-refractivity contribution in [2.45, 2.75) is 45.4 Å². The molecule has 0 saturated carbocycles. The van der Waals surface area contributed by atoms with E-state index in [2.05, 4.69) is 32.2 Å². The maximum absolute atomic E-state index is 14.1. The molecule has 27 heavy (non-hydrogen) atoms. The number of aryl methyl sites for hydroxylation is 2. The minimum absolute atomic E-state index is 0.0303. The van der Waals surface area contributed by atoms with E-state index in [9.17, 15) is 8.78 Å². The Hall–Kier alpha value is -2.20. The van der Waals surface area contributed by atoms with Crippen molar-refractivity contribution in [1.29, 1.82) is 0 Å². The number of rotatable bonds is 7. The molecular weight excluding hydrogens is 362 g/mol. The molecular formula is C23H24F2OS. The van der Waals surface area contributed by atoms with Gasteiger partial charge in [0.1, 0.15) is 0 Å². The van der Waals surface area contributed by atoms with Gasteiger partial charge in [0, 0.05) is 4.88 Å². The summed E-state index contributed by atoms with van der Waals surface area (Å²) in [6.07, 6.45) is 2.84. The highest BCUT2D eigenvalue weighted by molar-refractivity contribution is 7.10. The largest absolute Gasteiger partial charge is 0.451 e. The summed E-state index contributed by atoms with van der Waals surface area (Å²) in [7, 11) is 0. The smallest absolute Gasteiger partial charge is 0.165 e. The summed E-state index contributed by atoms with van der Waals surface area (Å²) in [4.78, 5) is 1.39. The molecule has 1 heterocycles. The van der Waals surface area contributed by atoms with E-state index >= 15 is 0 Å². The number of halogens is 2. The molecule has 0 aliphatic rings. The van der Waals surface area contributed by atoms with Crippen LogP contribution in [0, 0.1) is 18.6 Å². The van der Waals surface area contributed by atoms with Crippen molar-refractivity contribution in [3.05, 3.63) is 81.5 Å². The van der Waals surface area contributed by atoms with Crippen LogP contribution in [-0.4, -0.2) is 0 Å². The van der Waals surface area contributed by atoms with Crippen LogP contribution in [0.3, 0.4) is 0 Å². The van der Waals surface area contributed by atoms with Gasteiger partial charge in [0.05, 0.1) is 0 Å². The second kappa shape index (κ2) is 8.22. The fraction of sp³-hybridized carbons (Fsp3) is 0.304. The molecule has 0 aliphatic heterocycles. The first kappa shape index (κ1) is 19.6. The third kappa shape index (κ3) is 4.95. The van der Waals surface area contributed by atoms with Crippen molar-refractivity contribution in [3.8, 4) is 11.5 Å². The van der Waals surface area contributed by atoms with E-state index in [-0.39, 0.29) is 16.9 Å². The van der Waals surface area contributed by atoms with Crippen LogP contribution in [0.15, 0.2) is 53.9 Å². The molecule has 4 heteroatoms. The fourth-order valence-electron chi connectivity index (χ4n) is 3.07. The van der Waals surface area contributed by atoms with Gasteiger partial charge in [0.25, 0.3) is 0 Å². The summed E-state index contributed by atoms with van der Waals surface area (Å²) in [5, 5.41) is 2.18. The number of hydrogen-bond acceptors (Lipinski definition) is 2. The average Bonchev–Trinajstić information content (AvgIpc) is 3.07. The highest BCUT2D eigenvalue weighted by Crippen LogP contribution is 2.34. The normalized spacial score (nSPS) is 11.6. The van der Waals surface area contributed by atoms with Gasteiger partial charge < -0.3 is 4.74 Å². The van der Waals surface area contributed by atoms with Crippen LogP contribution in [-0.2, 0) is 11.8 Å². The van der Waals surface area contributed by atoms with E-state index in [0.29, 0.717) is 0 Å². The SMILES string of the molecule is Cc1csc(C(C)(C)CCCc2ccc(F)c(Oc3ccccc3F)c2)c1. The minimum atomic E-state index is -0.504. The van der Waals surface area contributed by atoms with Crippen LogP contribution >= 0.6 is 11.3 Å². The summed E-state index contributed by atoms with van der Waals surface area (Å²) < 4.78 is 33.3. The Balaban J connectivity index is 1.65. The van der Waals surface area contributed by atoms with Crippen molar-refractivity contribution in [2.24, 2.45) is 0 Å². The molecule has 0 fully saturated rings. The lowest BCUT2D eigenvalue weighted by molar-refractivity contribution is 0.413. The highest BCUT2D eigenvalue weighted by Gasteiger charge is 2.21. The van der Waals surface area contributed by atoms with Crippen molar-refractivity contribution >= 4 is 11.3 Å². The van der Waals surface area contributed by atoms with Crippen LogP contribution in [0.2, 0.25) is 0 Å². The number of ether oxygens (including phenoxy) is 1. The molecule has 2 aromatic carbocycles. The predicted molar refractivity (Wildman–Crippen MR) is 108 cm³/mol. The molecule has 0 N–H and O–H groups in total. The lowest BCUT2D eigenvalue weighted by Gasteiger charge is -2.23. The Kier molecular flexibility index (Phi) is 5.95. The van der Waals surface area contributed by atoms with Crippen LogP contribution < -0.4 is 4.74 Å². The van der Waals surface area contributed by atoms with E-state index in [1.54, 1.807) is 35.6 Å². The molecule has 0 unspecified atom stereocenters. The van der Waals surface area contributed by atoms with E-state index in [0.717, 1.165) is 24.8 Å². The van der Waals surface area contributed by atoms with E-state index in [1.807, 2.05) is 0 Å². The van der Waals surface area contributed by atoms with Gasteiger partial charge in [-0.25, -0.2) is 8.78 Å². The molecule has 3 aromatic rings. The quantitative estimate of drug-likeness (QED) is 0.410. The maximum atomic E-state index is 14.1. The van der Waals surface area contributed by atoms with Crippen LogP contribution in [0.25, 0.3) is 0 Å². The zero-order valence-corrected chi connectivity index (χ0v) is 16.7. The predicted octanol–water partition coefficient (Wildman–Crippen LogP) is 7.43. The Morgan fingerprint density at radius 1 is 0.963 bits per heavy atom. The van der Waals surface area contributed by atoms with Crippen LogP contribution in [0.1, 0.15) is 42.7 Å². The number of benzene rings is 2. The Morgan fingerprint density at radius 3 is 2.41 bits per heavy atom. The van der Waals surface area contributed by atoms with Crippen molar-refractivity contribution in [3.63, 3.8) is 0 Å². The Morgan fingerprint density at radius 2 is 1.70 bits per heavy atom.